The van der Waals surface area contributed by atoms with E-state index in [1.54, 1.807) is 0 Å². The van der Waals surface area contributed by atoms with E-state index in [1.807, 2.05) is 6.07 Å². The topological polar surface area (TPSA) is 41.6 Å². The predicted molar refractivity (Wildman–Crippen MR) is 88.8 cm³/mol. The molecule has 122 valence electrons. The van der Waals surface area contributed by atoms with Crippen LogP contribution in [0.3, 0.4) is 0 Å². The lowest BCUT2D eigenvalue weighted by atomic mass is 10.0. The molecule has 1 N–H and O–H groups in total. The van der Waals surface area contributed by atoms with Crippen molar-refractivity contribution in [2.75, 3.05) is 26.2 Å². The molecule has 2 rings (SSSR count). The van der Waals surface area contributed by atoms with Gasteiger partial charge in [0, 0.05) is 19.2 Å². The van der Waals surface area contributed by atoms with Gasteiger partial charge in [-0.15, -0.1) is 0 Å². The van der Waals surface area contributed by atoms with Gasteiger partial charge in [-0.05, 0) is 37.9 Å². The molecule has 0 saturated carbocycles. The van der Waals surface area contributed by atoms with Crippen LogP contribution in [-0.2, 0) is 16.0 Å². The SMILES string of the molecule is CCN(CC)[C@H](CNC(=O)[C@@H]1CCCO1)Cc1ccccc1. The van der Waals surface area contributed by atoms with E-state index >= 15 is 0 Å². The molecule has 2 atom stereocenters. The lowest BCUT2D eigenvalue weighted by Crippen LogP contribution is -2.47. The van der Waals surface area contributed by atoms with Gasteiger partial charge < -0.3 is 10.1 Å². The number of ether oxygens (including phenoxy) is 1. The van der Waals surface area contributed by atoms with Crippen LogP contribution in [0.2, 0.25) is 0 Å². The Morgan fingerprint density at radius 2 is 2.05 bits per heavy atom. The second-order valence-corrected chi connectivity index (χ2v) is 5.81. The van der Waals surface area contributed by atoms with Crippen molar-refractivity contribution in [2.45, 2.75) is 45.3 Å². The monoisotopic (exact) mass is 304 g/mol. The Hall–Kier alpha value is -1.39. The molecule has 1 aromatic rings. The van der Waals surface area contributed by atoms with E-state index in [-0.39, 0.29) is 12.0 Å². The van der Waals surface area contributed by atoms with Crippen molar-refractivity contribution in [3.63, 3.8) is 0 Å². The lowest BCUT2D eigenvalue weighted by molar-refractivity contribution is -0.130. The van der Waals surface area contributed by atoms with Crippen LogP contribution in [0.4, 0.5) is 0 Å². The molecular formula is C18H28N2O2. The van der Waals surface area contributed by atoms with E-state index in [4.69, 9.17) is 4.74 Å². The zero-order valence-electron chi connectivity index (χ0n) is 13.8. The first-order chi connectivity index (χ1) is 10.7. The Morgan fingerprint density at radius 3 is 2.64 bits per heavy atom. The Labute approximate surface area is 133 Å². The highest BCUT2D eigenvalue weighted by Gasteiger charge is 2.25. The number of hydrogen-bond acceptors (Lipinski definition) is 3. The zero-order chi connectivity index (χ0) is 15.8. The van der Waals surface area contributed by atoms with Gasteiger partial charge in [0.15, 0.2) is 0 Å². The summed E-state index contributed by atoms with van der Waals surface area (Å²) >= 11 is 0. The van der Waals surface area contributed by atoms with Gasteiger partial charge in [-0.3, -0.25) is 9.69 Å². The highest BCUT2D eigenvalue weighted by atomic mass is 16.5. The molecule has 1 aliphatic heterocycles. The molecule has 1 saturated heterocycles. The molecule has 0 bridgehead atoms. The average Bonchev–Trinajstić information content (AvgIpc) is 3.08. The van der Waals surface area contributed by atoms with E-state index in [2.05, 4.69) is 48.3 Å². The van der Waals surface area contributed by atoms with Crippen LogP contribution in [0.25, 0.3) is 0 Å². The summed E-state index contributed by atoms with van der Waals surface area (Å²) in [5.74, 6) is 0.0442. The van der Waals surface area contributed by atoms with Crippen LogP contribution in [0.15, 0.2) is 30.3 Å². The molecular weight excluding hydrogens is 276 g/mol. The molecule has 4 heteroatoms. The summed E-state index contributed by atoms with van der Waals surface area (Å²) in [6.45, 7) is 7.71. The summed E-state index contributed by atoms with van der Waals surface area (Å²) in [5, 5.41) is 3.09. The van der Waals surface area contributed by atoms with Crippen molar-refractivity contribution < 1.29 is 9.53 Å². The first kappa shape index (κ1) is 17.0. The van der Waals surface area contributed by atoms with Gasteiger partial charge in [0.2, 0.25) is 5.91 Å². The highest BCUT2D eigenvalue weighted by Crippen LogP contribution is 2.13. The third-order valence-electron chi connectivity index (χ3n) is 4.38. The van der Waals surface area contributed by atoms with Crippen molar-refractivity contribution in [3.05, 3.63) is 35.9 Å². The predicted octanol–water partition coefficient (Wildman–Crippen LogP) is 2.23. The van der Waals surface area contributed by atoms with E-state index in [1.165, 1.54) is 5.56 Å². The van der Waals surface area contributed by atoms with Gasteiger partial charge in [0.05, 0.1) is 0 Å². The fourth-order valence-corrected chi connectivity index (χ4v) is 3.07. The second kappa shape index (κ2) is 8.91. The van der Waals surface area contributed by atoms with Crippen LogP contribution in [-0.4, -0.2) is 49.2 Å². The molecule has 1 heterocycles. The number of carbonyl (C=O) groups is 1. The molecule has 0 aromatic heterocycles. The number of nitrogens with one attached hydrogen (secondary N) is 1. The molecule has 4 nitrogen and oxygen atoms in total. The molecule has 22 heavy (non-hydrogen) atoms. The minimum Gasteiger partial charge on any atom is -0.368 e. The number of rotatable bonds is 8. The van der Waals surface area contributed by atoms with Crippen molar-refractivity contribution >= 4 is 5.91 Å². The average molecular weight is 304 g/mol. The molecule has 0 aliphatic carbocycles. The van der Waals surface area contributed by atoms with Crippen molar-refractivity contribution in [2.24, 2.45) is 0 Å². The molecule has 0 spiro atoms. The first-order valence-corrected chi connectivity index (χ1v) is 8.41. The van der Waals surface area contributed by atoms with Crippen LogP contribution in [0.1, 0.15) is 32.3 Å². The van der Waals surface area contributed by atoms with Crippen LogP contribution < -0.4 is 5.32 Å². The van der Waals surface area contributed by atoms with E-state index in [9.17, 15) is 4.79 Å². The fourth-order valence-electron chi connectivity index (χ4n) is 3.07. The van der Waals surface area contributed by atoms with Crippen molar-refractivity contribution in [3.8, 4) is 0 Å². The number of benzene rings is 1. The molecule has 1 fully saturated rings. The number of likely N-dealkylation sites (N-methyl/N-ethyl adjacent to an activating group) is 1. The van der Waals surface area contributed by atoms with E-state index in [0.717, 1.165) is 32.4 Å². The number of hydrogen-bond donors (Lipinski definition) is 1. The molecule has 1 amide bonds. The first-order valence-electron chi connectivity index (χ1n) is 8.41. The highest BCUT2D eigenvalue weighted by molar-refractivity contribution is 5.80. The summed E-state index contributed by atoms with van der Waals surface area (Å²) in [5.41, 5.74) is 1.31. The third kappa shape index (κ3) is 4.82. The Morgan fingerprint density at radius 1 is 1.32 bits per heavy atom. The Bertz CT molecular complexity index is 440. The molecule has 1 aliphatic rings. The maximum Gasteiger partial charge on any atom is 0.249 e. The molecule has 0 unspecified atom stereocenters. The largest absolute Gasteiger partial charge is 0.368 e. The van der Waals surface area contributed by atoms with Crippen LogP contribution in [0, 0.1) is 0 Å². The summed E-state index contributed by atoms with van der Waals surface area (Å²) < 4.78 is 5.45. The van der Waals surface area contributed by atoms with Crippen molar-refractivity contribution in [1.29, 1.82) is 0 Å². The van der Waals surface area contributed by atoms with Gasteiger partial charge in [0.25, 0.3) is 0 Å². The maximum atomic E-state index is 12.1. The minimum absolute atomic E-state index is 0.0442. The van der Waals surface area contributed by atoms with Gasteiger partial charge in [-0.2, -0.15) is 0 Å². The zero-order valence-corrected chi connectivity index (χ0v) is 13.8. The number of amides is 1. The number of carbonyl (C=O) groups excluding carboxylic acids is 1. The normalized spacial score (nSPS) is 19.3. The quantitative estimate of drug-likeness (QED) is 0.801. The molecule has 1 aromatic carbocycles. The number of nitrogens with zero attached hydrogens (tertiary/aromatic N) is 1. The van der Waals surface area contributed by atoms with Crippen molar-refractivity contribution in [1.82, 2.24) is 10.2 Å². The van der Waals surface area contributed by atoms with E-state index in [0.29, 0.717) is 19.2 Å². The molecule has 0 radical (unpaired) electrons. The van der Waals surface area contributed by atoms with Gasteiger partial charge in [0.1, 0.15) is 6.10 Å². The van der Waals surface area contributed by atoms with Gasteiger partial charge in [-0.1, -0.05) is 44.2 Å². The summed E-state index contributed by atoms with van der Waals surface area (Å²) in [6.07, 6.45) is 2.55. The Kier molecular flexibility index (Phi) is 6.87. The van der Waals surface area contributed by atoms with Gasteiger partial charge in [-0.25, -0.2) is 0 Å². The second-order valence-electron chi connectivity index (χ2n) is 5.81. The summed E-state index contributed by atoms with van der Waals surface area (Å²) in [6, 6.07) is 10.8. The van der Waals surface area contributed by atoms with Crippen LogP contribution in [0.5, 0.6) is 0 Å². The minimum atomic E-state index is -0.242. The summed E-state index contributed by atoms with van der Waals surface area (Å²) in [4.78, 5) is 14.6. The smallest absolute Gasteiger partial charge is 0.249 e. The van der Waals surface area contributed by atoms with E-state index < -0.39 is 0 Å². The maximum absolute atomic E-state index is 12.1. The Balaban J connectivity index is 1.93. The fraction of sp³-hybridized carbons (Fsp3) is 0.611. The summed E-state index contributed by atoms with van der Waals surface area (Å²) in [7, 11) is 0. The third-order valence-corrected chi connectivity index (χ3v) is 4.38. The van der Waals surface area contributed by atoms with Gasteiger partial charge >= 0.3 is 0 Å². The standard InChI is InChI=1S/C18H28N2O2/c1-3-20(4-2)16(13-15-9-6-5-7-10-15)14-19-18(21)17-11-8-12-22-17/h5-7,9-10,16-17H,3-4,8,11-14H2,1-2H3,(H,19,21)/t16-,17-/m0/s1. The lowest BCUT2D eigenvalue weighted by Gasteiger charge is -2.30. The van der Waals surface area contributed by atoms with Crippen LogP contribution >= 0.6 is 0 Å².